The van der Waals surface area contributed by atoms with Crippen LogP contribution in [0.2, 0.25) is 0 Å². The van der Waals surface area contributed by atoms with Crippen LogP contribution in [0.1, 0.15) is 29.8 Å². The van der Waals surface area contributed by atoms with E-state index in [9.17, 15) is 15.0 Å². The van der Waals surface area contributed by atoms with Gasteiger partial charge in [-0.25, -0.2) is 0 Å². The fourth-order valence-corrected chi connectivity index (χ4v) is 5.08. The van der Waals surface area contributed by atoms with E-state index in [1.165, 1.54) is 7.11 Å². The molecular formula is C34H35NO7. The maximum Gasteiger partial charge on any atom is 0.252 e. The van der Waals surface area contributed by atoms with Crippen LogP contribution in [0.25, 0.3) is 11.1 Å². The van der Waals surface area contributed by atoms with E-state index in [1.807, 2.05) is 84.9 Å². The van der Waals surface area contributed by atoms with E-state index >= 15 is 0 Å². The molecule has 3 N–H and O–H groups in total. The Hall–Kier alpha value is -4.21. The first-order valence-corrected chi connectivity index (χ1v) is 13.8. The topological polar surface area (TPSA) is 106 Å². The van der Waals surface area contributed by atoms with Gasteiger partial charge in [0, 0.05) is 13.7 Å². The highest BCUT2D eigenvalue weighted by molar-refractivity contribution is 6.01. The van der Waals surface area contributed by atoms with Gasteiger partial charge >= 0.3 is 0 Å². The van der Waals surface area contributed by atoms with Crippen LogP contribution in [0.15, 0.2) is 103 Å². The monoisotopic (exact) mass is 569 g/mol. The van der Waals surface area contributed by atoms with Gasteiger partial charge in [0.1, 0.15) is 35.6 Å². The summed E-state index contributed by atoms with van der Waals surface area (Å²) in [7, 11) is 1.45. The predicted octanol–water partition coefficient (Wildman–Crippen LogP) is 5.33. The van der Waals surface area contributed by atoms with Crippen LogP contribution in [-0.2, 0) is 16.0 Å². The molecule has 4 aromatic carbocycles. The molecule has 1 amide bonds. The first-order chi connectivity index (χ1) is 20.2. The largest absolute Gasteiger partial charge is 0.462 e. The number of hydrogen-bond donors (Lipinski definition) is 3. The van der Waals surface area contributed by atoms with Crippen molar-refractivity contribution in [2.24, 2.45) is 0 Å². The Kier molecular flexibility index (Phi) is 8.89. The number of benzene rings is 4. The summed E-state index contributed by atoms with van der Waals surface area (Å²) >= 11 is 0. The van der Waals surface area contributed by atoms with Crippen molar-refractivity contribution in [2.75, 3.05) is 7.11 Å². The molecule has 4 aromatic rings. The average molecular weight is 570 g/mol. The maximum absolute atomic E-state index is 13.5. The van der Waals surface area contributed by atoms with Crippen molar-refractivity contribution in [3.8, 4) is 28.4 Å². The Morgan fingerprint density at radius 3 is 2.12 bits per heavy atom. The highest BCUT2D eigenvalue weighted by Crippen LogP contribution is 2.35. The molecule has 8 heteroatoms. The van der Waals surface area contributed by atoms with Crippen molar-refractivity contribution in [1.29, 1.82) is 0 Å². The Labute approximate surface area is 245 Å². The van der Waals surface area contributed by atoms with E-state index in [1.54, 1.807) is 32.0 Å². The molecule has 218 valence electrons. The smallest absolute Gasteiger partial charge is 0.252 e. The van der Waals surface area contributed by atoms with Crippen molar-refractivity contribution < 1.29 is 34.0 Å². The first-order valence-electron chi connectivity index (χ1n) is 13.8. The predicted molar refractivity (Wildman–Crippen MR) is 158 cm³/mol. The number of nitrogens with one attached hydrogen (secondary N) is 1. The molecule has 5 rings (SSSR count). The number of hydrogen-bond acceptors (Lipinski definition) is 7. The molecule has 8 nitrogen and oxygen atoms in total. The molecule has 0 bridgehead atoms. The quantitative estimate of drug-likeness (QED) is 0.250. The van der Waals surface area contributed by atoms with Gasteiger partial charge in [0.25, 0.3) is 5.91 Å². The second-order valence-corrected chi connectivity index (χ2v) is 10.7. The Morgan fingerprint density at radius 1 is 0.833 bits per heavy atom. The zero-order valence-electron chi connectivity index (χ0n) is 23.8. The zero-order chi connectivity index (χ0) is 29.7. The number of para-hydroxylation sites is 1. The minimum Gasteiger partial charge on any atom is -0.462 e. The number of amides is 1. The summed E-state index contributed by atoms with van der Waals surface area (Å²) in [4.78, 5) is 13.5. The summed E-state index contributed by atoms with van der Waals surface area (Å²) in [5, 5.41) is 24.3. The molecule has 0 saturated carbocycles. The molecular weight excluding hydrogens is 534 g/mol. The Balaban J connectivity index is 1.42. The molecule has 1 aliphatic heterocycles. The minimum atomic E-state index is -1.37. The van der Waals surface area contributed by atoms with Gasteiger partial charge in [-0.05, 0) is 73.0 Å². The van der Waals surface area contributed by atoms with Gasteiger partial charge in [0.05, 0.1) is 11.2 Å². The van der Waals surface area contributed by atoms with Gasteiger partial charge in [-0.1, -0.05) is 60.7 Å². The van der Waals surface area contributed by atoms with Crippen LogP contribution in [0.5, 0.6) is 17.2 Å². The van der Waals surface area contributed by atoms with E-state index in [0.717, 1.165) is 16.9 Å². The van der Waals surface area contributed by atoms with Crippen molar-refractivity contribution in [1.82, 2.24) is 5.32 Å². The number of rotatable bonds is 9. The lowest BCUT2D eigenvalue weighted by molar-refractivity contribution is -0.305. The van der Waals surface area contributed by atoms with Gasteiger partial charge in [-0.15, -0.1) is 0 Å². The molecule has 1 heterocycles. The van der Waals surface area contributed by atoms with Crippen LogP contribution in [-0.4, -0.2) is 53.4 Å². The molecule has 42 heavy (non-hydrogen) atoms. The first kappa shape index (κ1) is 29.3. The molecule has 0 aromatic heterocycles. The standard InChI is InChI=1S/C34H35NO7/c1-34(2)31(39-3)29(36)30(37)33(42-34)41-26-18-19-27(28(20-26)32(38)35-21-22-10-6-4-7-11-22)23-14-16-25(17-15-23)40-24-12-8-5-9-13-24/h4-20,29-31,33,36-37H,21H2,1-3H3,(H,35,38)/t29-,30+,31+,33-/m0/s1. The summed E-state index contributed by atoms with van der Waals surface area (Å²) in [6.45, 7) is 3.85. The number of carbonyl (C=O) groups excluding carboxylic acids is 1. The molecule has 1 fully saturated rings. The zero-order valence-corrected chi connectivity index (χ0v) is 23.8. The summed E-state index contributed by atoms with van der Waals surface area (Å²) in [5.74, 6) is 1.40. The summed E-state index contributed by atoms with van der Waals surface area (Å²) in [5.41, 5.74) is 1.89. The summed E-state index contributed by atoms with van der Waals surface area (Å²) in [6, 6.07) is 31.7. The van der Waals surface area contributed by atoms with Gasteiger partial charge < -0.3 is 34.5 Å². The molecule has 0 radical (unpaired) electrons. The van der Waals surface area contributed by atoms with Gasteiger partial charge in [0.2, 0.25) is 6.29 Å². The number of aliphatic hydroxyl groups excluding tert-OH is 2. The fraction of sp³-hybridized carbons (Fsp3) is 0.265. The molecule has 0 spiro atoms. The van der Waals surface area contributed by atoms with E-state index in [2.05, 4.69) is 5.32 Å². The second kappa shape index (κ2) is 12.8. The minimum absolute atomic E-state index is 0.297. The third-order valence-electron chi connectivity index (χ3n) is 7.23. The summed E-state index contributed by atoms with van der Waals surface area (Å²) < 4.78 is 23.3. The number of aliphatic hydroxyl groups is 2. The lowest BCUT2D eigenvalue weighted by Crippen LogP contribution is -2.63. The molecule has 0 aliphatic carbocycles. The van der Waals surface area contributed by atoms with Crippen LogP contribution in [0, 0.1) is 0 Å². The van der Waals surface area contributed by atoms with E-state index in [-0.39, 0.29) is 5.91 Å². The van der Waals surface area contributed by atoms with Crippen molar-refractivity contribution >= 4 is 5.91 Å². The van der Waals surface area contributed by atoms with Crippen LogP contribution in [0.3, 0.4) is 0 Å². The van der Waals surface area contributed by atoms with E-state index < -0.39 is 30.2 Å². The highest BCUT2D eigenvalue weighted by Gasteiger charge is 2.50. The highest BCUT2D eigenvalue weighted by atomic mass is 16.7. The Bertz CT molecular complexity index is 1480. The van der Waals surface area contributed by atoms with Gasteiger partial charge in [0.15, 0.2) is 0 Å². The molecule has 4 atom stereocenters. The molecule has 1 saturated heterocycles. The lowest BCUT2D eigenvalue weighted by Gasteiger charge is -2.46. The number of carbonyl (C=O) groups is 1. The lowest BCUT2D eigenvalue weighted by atomic mass is 9.89. The van der Waals surface area contributed by atoms with E-state index in [4.69, 9.17) is 18.9 Å². The Morgan fingerprint density at radius 2 is 1.45 bits per heavy atom. The van der Waals surface area contributed by atoms with Crippen molar-refractivity contribution in [3.05, 3.63) is 114 Å². The third-order valence-corrected chi connectivity index (χ3v) is 7.23. The van der Waals surface area contributed by atoms with Crippen molar-refractivity contribution in [3.63, 3.8) is 0 Å². The van der Waals surface area contributed by atoms with Crippen LogP contribution < -0.4 is 14.8 Å². The summed E-state index contributed by atoms with van der Waals surface area (Å²) in [6.07, 6.45) is -4.52. The average Bonchev–Trinajstić information content (AvgIpc) is 3.00. The maximum atomic E-state index is 13.5. The van der Waals surface area contributed by atoms with Gasteiger partial charge in [-0.2, -0.15) is 0 Å². The van der Waals surface area contributed by atoms with Crippen molar-refractivity contribution in [2.45, 2.75) is 50.6 Å². The normalized spacial score (nSPS) is 21.4. The van der Waals surface area contributed by atoms with Gasteiger partial charge in [-0.3, -0.25) is 4.79 Å². The third kappa shape index (κ3) is 6.64. The second-order valence-electron chi connectivity index (χ2n) is 10.7. The molecule has 1 aliphatic rings. The van der Waals surface area contributed by atoms with Crippen LogP contribution in [0.4, 0.5) is 0 Å². The number of ether oxygens (including phenoxy) is 4. The van der Waals surface area contributed by atoms with E-state index in [0.29, 0.717) is 29.2 Å². The SMILES string of the molecule is CO[C@@H]1[C@@H](O)[C@@H](O)[C@@H](Oc2ccc(-c3ccc(Oc4ccccc4)cc3)c(C(=O)NCc3ccccc3)c2)OC1(C)C. The fourth-order valence-electron chi connectivity index (χ4n) is 5.08. The number of methoxy groups -OCH3 is 1. The van der Waals surface area contributed by atoms with Crippen LogP contribution >= 0.6 is 0 Å². The molecule has 0 unspecified atom stereocenters.